The Bertz CT molecular complexity index is 187. The molecule has 0 saturated carbocycles. The summed E-state index contributed by atoms with van der Waals surface area (Å²) in [7, 11) is 1.99. The second kappa shape index (κ2) is 5.52. The zero-order valence-electron chi connectivity index (χ0n) is 9.84. The molecule has 1 N–H and O–H groups in total. The molecule has 1 unspecified atom stereocenters. The Morgan fingerprint density at radius 3 is 2.79 bits per heavy atom. The number of nitrogens with one attached hydrogen (secondary N) is 1. The Balaban J connectivity index is 2.57. The molecule has 82 valence electrons. The van der Waals surface area contributed by atoms with Crippen molar-refractivity contribution < 1.29 is 0 Å². The highest BCUT2D eigenvalue weighted by Gasteiger charge is 2.25. The minimum atomic E-state index is 0.608. The molecule has 1 atom stereocenters. The van der Waals surface area contributed by atoms with Gasteiger partial charge in [-0.15, -0.1) is 0 Å². The molecule has 14 heavy (non-hydrogen) atoms. The number of hydrogen-bond acceptors (Lipinski definition) is 2. The van der Waals surface area contributed by atoms with Crippen LogP contribution in [0.4, 0.5) is 0 Å². The van der Waals surface area contributed by atoms with E-state index < -0.39 is 0 Å². The van der Waals surface area contributed by atoms with Gasteiger partial charge in [0.05, 0.1) is 0 Å². The van der Waals surface area contributed by atoms with Crippen LogP contribution in [0.3, 0.4) is 0 Å². The fourth-order valence-corrected chi connectivity index (χ4v) is 2.36. The number of likely N-dealkylation sites (tertiary alicyclic amines) is 1. The maximum atomic E-state index is 4.20. The summed E-state index contributed by atoms with van der Waals surface area (Å²) in [5.74, 6) is 0. The van der Waals surface area contributed by atoms with Gasteiger partial charge < -0.3 is 5.32 Å². The van der Waals surface area contributed by atoms with Crippen LogP contribution in [0, 0.1) is 0 Å². The quantitative estimate of drug-likeness (QED) is 0.692. The molecule has 2 nitrogen and oxygen atoms in total. The van der Waals surface area contributed by atoms with E-state index in [1.807, 2.05) is 7.05 Å². The largest absolute Gasteiger partial charge is 0.316 e. The highest BCUT2D eigenvalue weighted by atomic mass is 15.2. The average Bonchev–Trinajstić information content (AvgIpc) is 2.18. The SMILES string of the molecule is C=C(CNC)C1CCCCN1C(C)C. The van der Waals surface area contributed by atoms with E-state index in [4.69, 9.17) is 0 Å². The molecule has 0 aromatic carbocycles. The van der Waals surface area contributed by atoms with Gasteiger partial charge in [0.15, 0.2) is 0 Å². The summed E-state index contributed by atoms with van der Waals surface area (Å²) in [5, 5.41) is 3.20. The summed E-state index contributed by atoms with van der Waals surface area (Å²) in [4.78, 5) is 2.59. The second-order valence-corrected chi connectivity index (χ2v) is 4.53. The van der Waals surface area contributed by atoms with Crippen molar-refractivity contribution in [3.05, 3.63) is 12.2 Å². The maximum Gasteiger partial charge on any atom is 0.0320 e. The molecule has 0 aliphatic carbocycles. The average molecular weight is 196 g/mol. The molecule has 1 saturated heterocycles. The Morgan fingerprint density at radius 2 is 2.21 bits per heavy atom. The van der Waals surface area contributed by atoms with Crippen LogP contribution in [-0.4, -0.2) is 37.1 Å². The molecule has 1 heterocycles. The van der Waals surface area contributed by atoms with E-state index in [1.165, 1.54) is 31.4 Å². The van der Waals surface area contributed by atoms with Gasteiger partial charge in [-0.25, -0.2) is 0 Å². The summed E-state index contributed by atoms with van der Waals surface area (Å²) >= 11 is 0. The number of hydrogen-bond donors (Lipinski definition) is 1. The molecule has 0 aromatic rings. The predicted molar refractivity (Wildman–Crippen MR) is 62.5 cm³/mol. The van der Waals surface area contributed by atoms with E-state index in [9.17, 15) is 0 Å². The third-order valence-corrected chi connectivity index (χ3v) is 3.08. The van der Waals surface area contributed by atoms with Gasteiger partial charge in [0.25, 0.3) is 0 Å². The zero-order valence-corrected chi connectivity index (χ0v) is 9.84. The molecular formula is C12H24N2. The van der Waals surface area contributed by atoms with E-state index in [0.29, 0.717) is 12.1 Å². The first kappa shape index (κ1) is 11.7. The first-order valence-electron chi connectivity index (χ1n) is 5.74. The van der Waals surface area contributed by atoms with Gasteiger partial charge in [0.1, 0.15) is 0 Å². The summed E-state index contributed by atoms with van der Waals surface area (Å²) < 4.78 is 0. The van der Waals surface area contributed by atoms with E-state index in [1.54, 1.807) is 0 Å². The minimum Gasteiger partial charge on any atom is -0.316 e. The van der Waals surface area contributed by atoms with Crippen molar-refractivity contribution in [3.63, 3.8) is 0 Å². The lowest BCUT2D eigenvalue weighted by Gasteiger charge is -2.39. The summed E-state index contributed by atoms with van der Waals surface area (Å²) in [6, 6.07) is 1.25. The summed E-state index contributed by atoms with van der Waals surface area (Å²) in [6.45, 7) is 11.0. The second-order valence-electron chi connectivity index (χ2n) is 4.53. The fourth-order valence-electron chi connectivity index (χ4n) is 2.36. The molecule has 0 bridgehead atoms. The number of piperidine rings is 1. The van der Waals surface area contributed by atoms with Crippen molar-refractivity contribution in [1.82, 2.24) is 10.2 Å². The van der Waals surface area contributed by atoms with Crippen molar-refractivity contribution in [2.75, 3.05) is 20.1 Å². The molecule has 1 rings (SSSR count). The van der Waals surface area contributed by atoms with Crippen molar-refractivity contribution >= 4 is 0 Å². The lowest BCUT2D eigenvalue weighted by atomic mass is 9.94. The van der Waals surface area contributed by atoms with Crippen LogP contribution in [-0.2, 0) is 0 Å². The number of rotatable bonds is 4. The van der Waals surface area contributed by atoms with Gasteiger partial charge in [0.2, 0.25) is 0 Å². The summed E-state index contributed by atoms with van der Waals surface area (Å²) in [5.41, 5.74) is 1.35. The fraction of sp³-hybridized carbons (Fsp3) is 0.833. The van der Waals surface area contributed by atoms with E-state index >= 15 is 0 Å². The van der Waals surface area contributed by atoms with Crippen molar-refractivity contribution in [2.24, 2.45) is 0 Å². The van der Waals surface area contributed by atoms with Gasteiger partial charge in [-0.05, 0) is 45.9 Å². The normalized spacial score (nSPS) is 24.1. The lowest BCUT2D eigenvalue weighted by Crippen LogP contribution is -2.45. The highest BCUT2D eigenvalue weighted by molar-refractivity contribution is 5.09. The van der Waals surface area contributed by atoms with Crippen LogP contribution >= 0.6 is 0 Å². The van der Waals surface area contributed by atoms with E-state index in [-0.39, 0.29) is 0 Å². The molecule has 0 amide bonds. The summed E-state index contributed by atoms with van der Waals surface area (Å²) in [6.07, 6.45) is 4.00. The lowest BCUT2D eigenvalue weighted by molar-refractivity contribution is 0.132. The van der Waals surface area contributed by atoms with Gasteiger partial charge in [-0.3, -0.25) is 4.90 Å². The highest BCUT2D eigenvalue weighted by Crippen LogP contribution is 2.23. The third kappa shape index (κ3) is 2.82. The third-order valence-electron chi connectivity index (χ3n) is 3.08. The van der Waals surface area contributed by atoms with Gasteiger partial charge in [-0.1, -0.05) is 13.0 Å². The van der Waals surface area contributed by atoms with Crippen LogP contribution in [0.1, 0.15) is 33.1 Å². The molecule has 0 aromatic heterocycles. The van der Waals surface area contributed by atoms with Gasteiger partial charge in [-0.2, -0.15) is 0 Å². The van der Waals surface area contributed by atoms with Crippen LogP contribution in [0.2, 0.25) is 0 Å². The Kier molecular flexibility index (Phi) is 4.63. The standard InChI is InChI=1S/C12H24N2/c1-10(2)14-8-6-5-7-12(14)11(3)9-13-4/h10,12-13H,3,5-9H2,1-2,4H3. The van der Waals surface area contributed by atoms with Crippen LogP contribution in [0.15, 0.2) is 12.2 Å². The first-order valence-corrected chi connectivity index (χ1v) is 5.74. The Morgan fingerprint density at radius 1 is 1.50 bits per heavy atom. The van der Waals surface area contributed by atoms with Crippen LogP contribution in [0.25, 0.3) is 0 Å². The van der Waals surface area contributed by atoms with Crippen molar-refractivity contribution in [1.29, 1.82) is 0 Å². The molecule has 1 aliphatic heterocycles. The van der Waals surface area contributed by atoms with E-state index in [2.05, 4.69) is 30.6 Å². The van der Waals surface area contributed by atoms with Crippen LogP contribution in [0.5, 0.6) is 0 Å². The Hall–Kier alpha value is -0.340. The molecule has 2 heteroatoms. The zero-order chi connectivity index (χ0) is 10.6. The Labute approximate surface area is 88.4 Å². The molecule has 1 aliphatic rings. The van der Waals surface area contributed by atoms with Crippen molar-refractivity contribution in [3.8, 4) is 0 Å². The predicted octanol–water partition coefficient (Wildman–Crippen LogP) is 2.02. The van der Waals surface area contributed by atoms with Crippen LogP contribution < -0.4 is 5.32 Å². The smallest absolute Gasteiger partial charge is 0.0320 e. The molecular weight excluding hydrogens is 172 g/mol. The maximum absolute atomic E-state index is 4.20. The van der Waals surface area contributed by atoms with Gasteiger partial charge in [0, 0.05) is 18.6 Å². The molecule has 0 radical (unpaired) electrons. The molecule has 0 spiro atoms. The van der Waals surface area contributed by atoms with Gasteiger partial charge >= 0.3 is 0 Å². The molecule has 1 fully saturated rings. The number of nitrogens with zero attached hydrogens (tertiary/aromatic N) is 1. The minimum absolute atomic E-state index is 0.608. The monoisotopic (exact) mass is 196 g/mol. The van der Waals surface area contributed by atoms with Crippen molar-refractivity contribution in [2.45, 2.75) is 45.2 Å². The number of likely N-dealkylation sites (N-methyl/N-ethyl adjacent to an activating group) is 1. The first-order chi connectivity index (χ1) is 6.66. The van der Waals surface area contributed by atoms with E-state index in [0.717, 1.165) is 6.54 Å². The topological polar surface area (TPSA) is 15.3 Å².